The van der Waals surface area contributed by atoms with E-state index in [0.717, 1.165) is 30.3 Å². The number of hydrogen-bond donors (Lipinski definition) is 1. The number of aryl methyl sites for hydroxylation is 1. The average Bonchev–Trinajstić information content (AvgIpc) is 3.20. The van der Waals surface area contributed by atoms with Crippen molar-refractivity contribution in [2.45, 2.75) is 13.1 Å². The molecule has 0 spiro atoms. The Balaban J connectivity index is 1.86. The van der Waals surface area contributed by atoms with Gasteiger partial charge in [0.15, 0.2) is 0 Å². The maximum atomic E-state index is 14.3. The van der Waals surface area contributed by atoms with E-state index in [4.69, 9.17) is 0 Å². The van der Waals surface area contributed by atoms with Crippen molar-refractivity contribution >= 4 is 0 Å². The summed E-state index contributed by atoms with van der Waals surface area (Å²) in [7, 11) is 1.82. The third-order valence-corrected chi connectivity index (χ3v) is 4.23. The Bertz CT molecular complexity index is 1030. The van der Waals surface area contributed by atoms with Crippen molar-refractivity contribution in [3.63, 3.8) is 0 Å². The van der Waals surface area contributed by atoms with Crippen molar-refractivity contribution in [1.82, 2.24) is 15.1 Å². The van der Waals surface area contributed by atoms with E-state index in [0.29, 0.717) is 22.4 Å². The van der Waals surface area contributed by atoms with Gasteiger partial charge in [0.2, 0.25) is 0 Å². The van der Waals surface area contributed by atoms with E-state index in [9.17, 15) is 8.78 Å². The molecule has 124 valence electrons. The molecule has 0 aliphatic carbocycles. The first-order valence-electron chi connectivity index (χ1n) is 7.94. The summed E-state index contributed by atoms with van der Waals surface area (Å²) in [6.45, 7) is 1.50. The molecule has 25 heavy (non-hydrogen) atoms. The maximum absolute atomic E-state index is 14.3. The summed E-state index contributed by atoms with van der Waals surface area (Å²) >= 11 is 0. The lowest BCUT2D eigenvalue weighted by Crippen LogP contribution is -1.99. The summed E-state index contributed by atoms with van der Waals surface area (Å²) in [5, 5.41) is 7.51. The standard InChI is InChI=1S/C20H15F2N3/c1-25-7-6-17(24-25)4-2-13-8-14-11-23-12-15(14)9-19(13)18-5-3-16(21)10-20(18)22/h3,5-10,23H,11-12H2,1H3. The molecule has 0 saturated carbocycles. The molecule has 0 saturated heterocycles. The van der Waals surface area contributed by atoms with Crippen LogP contribution in [0.1, 0.15) is 22.4 Å². The second-order valence-corrected chi connectivity index (χ2v) is 6.02. The largest absolute Gasteiger partial charge is 0.309 e. The van der Waals surface area contributed by atoms with Gasteiger partial charge in [-0.1, -0.05) is 5.92 Å². The minimum absolute atomic E-state index is 0.349. The van der Waals surface area contributed by atoms with Crippen LogP contribution in [0.5, 0.6) is 0 Å². The second-order valence-electron chi connectivity index (χ2n) is 6.02. The van der Waals surface area contributed by atoms with E-state index in [-0.39, 0.29) is 0 Å². The van der Waals surface area contributed by atoms with Gasteiger partial charge in [0.1, 0.15) is 17.3 Å². The van der Waals surface area contributed by atoms with Crippen molar-refractivity contribution in [2.75, 3.05) is 0 Å². The molecule has 2 heterocycles. The van der Waals surface area contributed by atoms with Gasteiger partial charge in [-0.15, -0.1) is 0 Å². The Morgan fingerprint density at radius 1 is 1.00 bits per heavy atom. The van der Waals surface area contributed by atoms with E-state index in [1.165, 1.54) is 12.1 Å². The van der Waals surface area contributed by atoms with Gasteiger partial charge in [0, 0.05) is 49.1 Å². The molecule has 1 N–H and O–H groups in total. The molecular formula is C20H15F2N3. The molecule has 0 radical (unpaired) electrons. The molecule has 0 unspecified atom stereocenters. The van der Waals surface area contributed by atoms with E-state index < -0.39 is 11.6 Å². The lowest BCUT2D eigenvalue weighted by atomic mass is 9.94. The molecular weight excluding hydrogens is 320 g/mol. The van der Waals surface area contributed by atoms with Gasteiger partial charge in [-0.05, 0) is 47.4 Å². The average molecular weight is 335 g/mol. The Hall–Kier alpha value is -2.97. The highest BCUT2D eigenvalue weighted by molar-refractivity contribution is 5.74. The lowest BCUT2D eigenvalue weighted by molar-refractivity contribution is 0.585. The monoisotopic (exact) mass is 335 g/mol. The third kappa shape index (κ3) is 3.04. The zero-order valence-corrected chi connectivity index (χ0v) is 13.6. The van der Waals surface area contributed by atoms with E-state index in [1.54, 1.807) is 4.68 Å². The smallest absolute Gasteiger partial charge is 0.135 e. The lowest BCUT2D eigenvalue weighted by Gasteiger charge is -2.10. The molecule has 0 amide bonds. The van der Waals surface area contributed by atoms with Crippen LogP contribution in [0, 0.1) is 23.5 Å². The molecule has 2 aromatic carbocycles. The zero-order valence-electron chi connectivity index (χ0n) is 13.6. The molecule has 0 bridgehead atoms. The predicted molar refractivity (Wildman–Crippen MR) is 91.5 cm³/mol. The Morgan fingerprint density at radius 3 is 2.52 bits per heavy atom. The van der Waals surface area contributed by atoms with E-state index in [2.05, 4.69) is 22.3 Å². The van der Waals surface area contributed by atoms with Gasteiger partial charge in [0.25, 0.3) is 0 Å². The molecule has 5 heteroatoms. The second kappa shape index (κ2) is 6.15. The number of fused-ring (bicyclic) bond motifs is 1. The highest BCUT2D eigenvalue weighted by Gasteiger charge is 2.17. The molecule has 0 atom stereocenters. The fourth-order valence-corrected chi connectivity index (χ4v) is 3.00. The van der Waals surface area contributed by atoms with Crippen molar-refractivity contribution < 1.29 is 8.78 Å². The Kier molecular flexibility index (Phi) is 3.83. The van der Waals surface area contributed by atoms with E-state index in [1.807, 2.05) is 31.4 Å². The van der Waals surface area contributed by atoms with Crippen LogP contribution in [0.4, 0.5) is 8.78 Å². The highest BCUT2D eigenvalue weighted by Crippen LogP contribution is 2.31. The molecule has 3 aromatic rings. The number of rotatable bonds is 1. The number of halogens is 2. The first kappa shape index (κ1) is 15.6. The van der Waals surface area contributed by atoms with Crippen LogP contribution < -0.4 is 5.32 Å². The fraction of sp³-hybridized carbons (Fsp3) is 0.150. The van der Waals surface area contributed by atoms with Crippen LogP contribution in [-0.4, -0.2) is 9.78 Å². The summed E-state index contributed by atoms with van der Waals surface area (Å²) in [5.74, 6) is 4.93. The number of nitrogens with one attached hydrogen (secondary N) is 1. The van der Waals surface area contributed by atoms with Crippen molar-refractivity contribution in [3.05, 3.63) is 76.6 Å². The fourth-order valence-electron chi connectivity index (χ4n) is 3.00. The van der Waals surface area contributed by atoms with Crippen molar-refractivity contribution in [3.8, 4) is 23.0 Å². The SMILES string of the molecule is Cn1ccc(C#Cc2cc3c(cc2-c2ccc(F)cc2F)CNC3)n1. The summed E-state index contributed by atoms with van der Waals surface area (Å²) in [6, 6.07) is 9.36. The molecule has 1 aliphatic heterocycles. The quantitative estimate of drug-likeness (QED) is 0.691. The number of benzene rings is 2. The van der Waals surface area contributed by atoms with Crippen LogP contribution in [0.3, 0.4) is 0 Å². The van der Waals surface area contributed by atoms with Gasteiger partial charge >= 0.3 is 0 Å². The number of aromatic nitrogens is 2. The summed E-state index contributed by atoms with van der Waals surface area (Å²) in [4.78, 5) is 0. The van der Waals surface area contributed by atoms with Gasteiger partial charge in [0.05, 0.1) is 0 Å². The van der Waals surface area contributed by atoms with Crippen LogP contribution in [0.2, 0.25) is 0 Å². The molecule has 1 aromatic heterocycles. The number of hydrogen-bond acceptors (Lipinski definition) is 2. The Morgan fingerprint density at radius 2 is 1.80 bits per heavy atom. The molecule has 3 nitrogen and oxygen atoms in total. The molecule has 0 fully saturated rings. The topological polar surface area (TPSA) is 29.9 Å². The first-order valence-corrected chi connectivity index (χ1v) is 7.94. The maximum Gasteiger partial charge on any atom is 0.135 e. The van der Waals surface area contributed by atoms with Crippen LogP contribution >= 0.6 is 0 Å². The molecule has 4 rings (SSSR count). The van der Waals surface area contributed by atoms with Crippen molar-refractivity contribution in [1.29, 1.82) is 0 Å². The van der Waals surface area contributed by atoms with E-state index >= 15 is 0 Å². The van der Waals surface area contributed by atoms with Crippen LogP contribution in [-0.2, 0) is 20.1 Å². The minimum Gasteiger partial charge on any atom is -0.309 e. The Labute approximate surface area is 144 Å². The number of nitrogens with zero attached hydrogens (tertiary/aromatic N) is 2. The van der Waals surface area contributed by atoms with Crippen molar-refractivity contribution in [2.24, 2.45) is 7.05 Å². The minimum atomic E-state index is -0.592. The summed E-state index contributed by atoms with van der Waals surface area (Å²) < 4.78 is 29.3. The van der Waals surface area contributed by atoms with Gasteiger partial charge < -0.3 is 5.32 Å². The highest BCUT2D eigenvalue weighted by atomic mass is 19.1. The van der Waals surface area contributed by atoms with Gasteiger partial charge in [-0.25, -0.2) is 8.78 Å². The predicted octanol–water partition coefficient (Wildman–Crippen LogP) is 3.37. The summed E-state index contributed by atoms with van der Waals surface area (Å²) in [5.41, 5.74) is 4.63. The normalized spacial score (nSPS) is 12.6. The third-order valence-electron chi connectivity index (χ3n) is 4.23. The van der Waals surface area contributed by atoms with Crippen LogP contribution in [0.25, 0.3) is 11.1 Å². The summed E-state index contributed by atoms with van der Waals surface area (Å²) in [6.07, 6.45) is 1.82. The zero-order chi connectivity index (χ0) is 17.4. The molecule has 1 aliphatic rings. The first-order chi connectivity index (χ1) is 12.1. The van der Waals surface area contributed by atoms with Gasteiger partial charge in [-0.3, -0.25) is 4.68 Å². The van der Waals surface area contributed by atoms with Gasteiger partial charge in [-0.2, -0.15) is 5.10 Å². The van der Waals surface area contributed by atoms with Crippen LogP contribution in [0.15, 0.2) is 42.6 Å².